The van der Waals surface area contributed by atoms with E-state index in [0.29, 0.717) is 12.0 Å². The summed E-state index contributed by atoms with van der Waals surface area (Å²) < 4.78 is 23.1. The van der Waals surface area contributed by atoms with E-state index in [9.17, 15) is 19.2 Å². The van der Waals surface area contributed by atoms with Crippen LogP contribution in [0.25, 0.3) is 0 Å². The molecule has 8 nitrogen and oxygen atoms in total. The van der Waals surface area contributed by atoms with Crippen LogP contribution in [0.5, 0.6) is 0 Å². The van der Waals surface area contributed by atoms with Gasteiger partial charge in [0.2, 0.25) is 5.60 Å². The Balaban J connectivity index is 2.16. The molecule has 0 radical (unpaired) electrons. The molecule has 176 valence electrons. The van der Waals surface area contributed by atoms with E-state index in [1.807, 2.05) is 13.8 Å². The first-order valence-corrected chi connectivity index (χ1v) is 10.9. The van der Waals surface area contributed by atoms with Gasteiger partial charge in [0.25, 0.3) is 0 Å². The van der Waals surface area contributed by atoms with Crippen LogP contribution in [0.15, 0.2) is 23.3 Å². The van der Waals surface area contributed by atoms with E-state index in [1.165, 1.54) is 20.8 Å². The fraction of sp³-hybridized carbons (Fsp3) is 0.667. The first-order valence-electron chi connectivity index (χ1n) is 10.9. The SMILES string of the molecule is C/C=C(/C)C(=O)O[C@H]1C[C@@](C)(OC(C)=O)[C@@H]2CC=C(C)[C@H]2[C@@H]2OC(=O)[C@@](C)(OC(C)=O)[C@@H]21. The molecule has 1 aliphatic heterocycles. The van der Waals surface area contributed by atoms with Crippen molar-refractivity contribution in [2.75, 3.05) is 0 Å². The molecule has 3 aliphatic rings. The van der Waals surface area contributed by atoms with Gasteiger partial charge >= 0.3 is 23.9 Å². The molecule has 2 aliphatic carbocycles. The van der Waals surface area contributed by atoms with Crippen LogP contribution in [-0.2, 0) is 38.1 Å². The third kappa shape index (κ3) is 3.95. The molecule has 0 unspecified atom stereocenters. The van der Waals surface area contributed by atoms with Crippen LogP contribution in [0.4, 0.5) is 0 Å². The number of hydrogen-bond donors (Lipinski definition) is 0. The van der Waals surface area contributed by atoms with Crippen molar-refractivity contribution in [3.05, 3.63) is 23.3 Å². The molecule has 0 aromatic heterocycles. The summed E-state index contributed by atoms with van der Waals surface area (Å²) in [6.45, 7) is 11.2. The van der Waals surface area contributed by atoms with Crippen LogP contribution in [-0.4, -0.2) is 47.3 Å². The van der Waals surface area contributed by atoms with Crippen molar-refractivity contribution < 1.29 is 38.1 Å². The van der Waals surface area contributed by atoms with Gasteiger partial charge in [-0.05, 0) is 41.0 Å². The molecule has 1 saturated carbocycles. The summed E-state index contributed by atoms with van der Waals surface area (Å²) in [6, 6.07) is 0. The molecule has 1 saturated heterocycles. The number of carbonyl (C=O) groups is 4. The third-order valence-corrected chi connectivity index (χ3v) is 7.18. The number of esters is 4. The molecule has 2 fully saturated rings. The molecular formula is C24H32O8. The molecule has 32 heavy (non-hydrogen) atoms. The van der Waals surface area contributed by atoms with Crippen LogP contribution in [0.3, 0.4) is 0 Å². The maximum Gasteiger partial charge on any atom is 0.351 e. The summed E-state index contributed by atoms with van der Waals surface area (Å²) in [4.78, 5) is 49.7. The standard InChI is InChI=1S/C24H32O8/c1-8-12(2)21(27)29-17-11-23(6,31-14(4)25)16-10-9-13(3)18(16)20-19(17)24(7,22(28)30-20)32-15(5)26/h8-9,16-20H,10-11H2,1-7H3/b12-8-/t16-,17+,18-,19-,20+,23-,24+/m1/s1. The van der Waals surface area contributed by atoms with E-state index in [1.54, 1.807) is 19.9 Å². The average Bonchev–Trinajstić information content (AvgIpc) is 3.14. The van der Waals surface area contributed by atoms with Crippen LogP contribution >= 0.6 is 0 Å². The van der Waals surface area contributed by atoms with E-state index in [-0.39, 0.29) is 18.3 Å². The second kappa shape index (κ2) is 8.37. The molecule has 0 spiro atoms. The average molecular weight is 449 g/mol. The lowest BCUT2D eigenvalue weighted by Crippen LogP contribution is -2.51. The van der Waals surface area contributed by atoms with Crippen molar-refractivity contribution in [3.63, 3.8) is 0 Å². The summed E-state index contributed by atoms with van der Waals surface area (Å²) in [7, 11) is 0. The fourth-order valence-corrected chi connectivity index (χ4v) is 5.65. The molecule has 0 bridgehead atoms. The topological polar surface area (TPSA) is 105 Å². The van der Waals surface area contributed by atoms with Gasteiger partial charge in [0, 0.05) is 37.7 Å². The number of hydrogen-bond acceptors (Lipinski definition) is 8. The Bertz CT molecular complexity index is 902. The van der Waals surface area contributed by atoms with Crippen LogP contribution in [0, 0.1) is 17.8 Å². The van der Waals surface area contributed by atoms with Gasteiger partial charge < -0.3 is 18.9 Å². The zero-order valence-electron chi connectivity index (χ0n) is 19.7. The van der Waals surface area contributed by atoms with Crippen molar-refractivity contribution in [2.45, 2.75) is 84.7 Å². The lowest BCUT2D eigenvalue weighted by Gasteiger charge is -2.38. The Morgan fingerprint density at radius 1 is 1.12 bits per heavy atom. The Kier molecular flexibility index (Phi) is 6.28. The summed E-state index contributed by atoms with van der Waals surface area (Å²) in [5.41, 5.74) is -1.22. The molecule has 0 aromatic carbocycles. The van der Waals surface area contributed by atoms with E-state index in [0.717, 1.165) is 5.57 Å². The van der Waals surface area contributed by atoms with Crippen molar-refractivity contribution >= 4 is 23.9 Å². The number of carbonyl (C=O) groups excluding carboxylic acids is 4. The van der Waals surface area contributed by atoms with Gasteiger partial charge in [-0.15, -0.1) is 0 Å². The van der Waals surface area contributed by atoms with E-state index < -0.39 is 53.2 Å². The molecule has 1 heterocycles. The normalized spacial score (nSPS) is 38.6. The second-order valence-corrected chi connectivity index (χ2v) is 9.44. The lowest BCUT2D eigenvalue weighted by molar-refractivity contribution is -0.182. The summed E-state index contributed by atoms with van der Waals surface area (Å²) in [5.74, 6) is -3.51. The number of rotatable bonds is 4. The Hall–Kier alpha value is -2.64. The van der Waals surface area contributed by atoms with Gasteiger partial charge in [0.1, 0.15) is 17.8 Å². The summed E-state index contributed by atoms with van der Waals surface area (Å²) in [5, 5.41) is 0. The maximum atomic E-state index is 13.0. The zero-order chi connectivity index (χ0) is 24.0. The quantitative estimate of drug-likeness (QED) is 0.280. The summed E-state index contributed by atoms with van der Waals surface area (Å²) >= 11 is 0. The zero-order valence-corrected chi connectivity index (χ0v) is 19.7. The molecule has 7 atom stereocenters. The molecule has 3 rings (SSSR count). The van der Waals surface area contributed by atoms with Crippen LogP contribution < -0.4 is 0 Å². The van der Waals surface area contributed by atoms with Crippen LogP contribution in [0.2, 0.25) is 0 Å². The van der Waals surface area contributed by atoms with E-state index in [2.05, 4.69) is 6.08 Å². The van der Waals surface area contributed by atoms with E-state index >= 15 is 0 Å². The first kappa shape index (κ1) is 24.0. The minimum Gasteiger partial charge on any atom is -0.459 e. The van der Waals surface area contributed by atoms with Crippen LogP contribution in [0.1, 0.15) is 61.3 Å². The molecule has 0 amide bonds. The molecule has 8 heteroatoms. The van der Waals surface area contributed by atoms with Crippen molar-refractivity contribution in [1.82, 2.24) is 0 Å². The highest BCUT2D eigenvalue weighted by Crippen LogP contribution is 2.55. The number of fused-ring (bicyclic) bond motifs is 3. The smallest absolute Gasteiger partial charge is 0.351 e. The highest BCUT2D eigenvalue weighted by Gasteiger charge is 2.68. The van der Waals surface area contributed by atoms with E-state index in [4.69, 9.17) is 18.9 Å². The van der Waals surface area contributed by atoms with Gasteiger partial charge in [-0.2, -0.15) is 0 Å². The monoisotopic (exact) mass is 448 g/mol. The number of allylic oxidation sites excluding steroid dienone is 2. The largest absolute Gasteiger partial charge is 0.459 e. The summed E-state index contributed by atoms with van der Waals surface area (Å²) in [6.07, 6.45) is 2.87. The predicted molar refractivity (Wildman–Crippen MR) is 113 cm³/mol. The first-order chi connectivity index (χ1) is 14.8. The van der Waals surface area contributed by atoms with Gasteiger partial charge in [-0.25, -0.2) is 9.59 Å². The highest BCUT2D eigenvalue weighted by molar-refractivity contribution is 5.88. The fourth-order valence-electron chi connectivity index (χ4n) is 5.65. The Morgan fingerprint density at radius 3 is 2.31 bits per heavy atom. The maximum absolute atomic E-state index is 13.0. The number of ether oxygens (including phenoxy) is 4. The highest BCUT2D eigenvalue weighted by atomic mass is 16.6. The van der Waals surface area contributed by atoms with Gasteiger partial charge in [-0.1, -0.05) is 17.7 Å². The van der Waals surface area contributed by atoms with Gasteiger partial charge in [0.15, 0.2) is 0 Å². The predicted octanol–water partition coefficient (Wildman–Crippen LogP) is 3.04. The third-order valence-electron chi connectivity index (χ3n) is 7.18. The minimum atomic E-state index is -1.64. The Morgan fingerprint density at radius 2 is 1.75 bits per heavy atom. The molecule has 0 aromatic rings. The lowest BCUT2D eigenvalue weighted by atomic mass is 9.75. The Labute approximate surface area is 188 Å². The van der Waals surface area contributed by atoms with Gasteiger partial charge in [0.05, 0.1) is 5.92 Å². The minimum absolute atomic E-state index is 0.145. The van der Waals surface area contributed by atoms with Gasteiger partial charge in [-0.3, -0.25) is 9.59 Å². The van der Waals surface area contributed by atoms with Crippen molar-refractivity contribution in [2.24, 2.45) is 17.8 Å². The molecular weight excluding hydrogens is 416 g/mol. The van der Waals surface area contributed by atoms with Crippen molar-refractivity contribution in [3.8, 4) is 0 Å². The molecule has 0 N–H and O–H groups in total. The van der Waals surface area contributed by atoms with Crippen molar-refractivity contribution in [1.29, 1.82) is 0 Å². The second-order valence-electron chi connectivity index (χ2n) is 9.44.